The van der Waals surface area contributed by atoms with Crippen LogP contribution < -0.4 is 15.1 Å². The number of nitrogens with one attached hydrogen (secondary N) is 1. The van der Waals surface area contributed by atoms with Crippen molar-refractivity contribution in [2.24, 2.45) is 0 Å². The van der Waals surface area contributed by atoms with Crippen molar-refractivity contribution in [2.45, 2.75) is 26.4 Å². The zero-order valence-electron chi connectivity index (χ0n) is 16.4. The van der Waals surface area contributed by atoms with Gasteiger partial charge in [0, 0.05) is 44.1 Å². The summed E-state index contributed by atoms with van der Waals surface area (Å²) in [6.45, 7) is 5.17. The SMILES string of the molecule is CC(C)N(Cc1ccccc1)c1cc(Nc2ccc(N(C)C)cc2)ncn1. The van der Waals surface area contributed by atoms with Crippen LogP contribution in [0.5, 0.6) is 0 Å². The molecule has 0 saturated heterocycles. The summed E-state index contributed by atoms with van der Waals surface area (Å²) >= 11 is 0. The Balaban J connectivity index is 1.78. The van der Waals surface area contributed by atoms with E-state index in [-0.39, 0.29) is 0 Å². The van der Waals surface area contributed by atoms with Crippen molar-refractivity contribution in [1.82, 2.24) is 9.97 Å². The summed E-state index contributed by atoms with van der Waals surface area (Å²) in [5.74, 6) is 1.70. The van der Waals surface area contributed by atoms with E-state index < -0.39 is 0 Å². The van der Waals surface area contributed by atoms with Crippen LogP contribution >= 0.6 is 0 Å². The topological polar surface area (TPSA) is 44.3 Å². The average Bonchev–Trinajstić information content (AvgIpc) is 2.67. The minimum absolute atomic E-state index is 0.326. The predicted octanol–water partition coefficient (Wildman–Crippen LogP) is 4.70. The maximum absolute atomic E-state index is 4.50. The lowest BCUT2D eigenvalue weighted by atomic mass is 10.2. The number of anilines is 4. The minimum atomic E-state index is 0.326. The van der Waals surface area contributed by atoms with Gasteiger partial charge in [0.1, 0.15) is 18.0 Å². The summed E-state index contributed by atoms with van der Waals surface area (Å²) in [4.78, 5) is 13.2. The quantitative estimate of drug-likeness (QED) is 0.661. The smallest absolute Gasteiger partial charge is 0.135 e. The number of hydrogen-bond donors (Lipinski definition) is 1. The summed E-state index contributed by atoms with van der Waals surface area (Å²) < 4.78 is 0. The summed E-state index contributed by atoms with van der Waals surface area (Å²) in [7, 11) is 4.07. The number of benzene rings is 2. The Morgan fingerprint density at radius 2 is 1.63 bits per heavy atom. The van der Waals surface area contributed by atoms with Crippen molar-refractivity contribution in [2.75, 3.05) is 29.2 Å². The third-order valence-corrected chi connectivity index (χ3v) is 4.42. The predicted molar refractivity (Wildman–Crippen MR) is 114 cm³/mol. The fourth-order valence-corrected chi connectivity index (χ4v) is 2.87. The van der Waals surface area contributed by atoms with Gasteiger partial charge in [-0.05, 0) is 43.7 Å². The maximum Gasteiger partial charge on any atom is 0.135 e. The van der Waals surface area contributed by atoms with Gasteiger partial charge < -0.3 is 15.1 Å². The molecule has 0 unspecified atom stereocenters. The molecule has 0 amide bonds. The van der Waals surface area contributed by atoms with Gasteiger partial charge in [-0.3, -0.25) is 0 Å². The molecule has 1 heterocycles. The maximum atomic E-state index is 4.50. The molecule has 5 nitrogen and oxygen atoms in total. The first kappa shape index (κ1) is 18.7. The van der Waals surface area contributed by atoms with Crippen LogP contribution in [0.3, 0.4) is 0 Å². The van der Waals surface area contributed by atoms with Crippen LogP contribution in [0, 0.1) is 0 Å². The van der Waals surface area contributed by atoms with Crippen molar-refractivity contribution in [3.63, 3.8) is 0 Å². The number of nitrogens with zero attached hydrogens (tertiary/aromatic N) is 4. The van der Waals surface area contributed by atoms with Gasteiger partial charge in [0.05, 0.1) is 0 Å². The first-order valence-electron chi connectivity index (χ1n) is 9.20. The molecule has 0 aliphatic heterocycles. The Labute approximate surface area is 161 Å². The molecule has 0 bridgehead atoms. The van der Waals surface area contributed by atoms with Crippen molar-refractivity contribution in [1.29, 1.82) is 0 Å². The molecular weight excluding hydrogens is 334 g/mol. The van der Waals surface area contributed by atoms with Gasteiger partial charge in [-0.25, -0.2) is 9.97 Å². The summed E-state index contributed by atoms with van der Waals surface area (Å²) in [5.41, 5.74) is 3.43. The molecule has 2 aromatic carbocycles. The van der Waals surface area contributed by atoms with E-state index in [1.807, 2.05) is 26.2 Å². The fourth-order valence-electron chi connectivity index (χ4n) is 2.87. The van der Waals surface area contributed by atoms with Gasteiger partial charge in [-0.2, -0.15) is 0 Å². The van der Waals surface area contributed by atoms with Crippen LogP contribution in [-0.2, 0) is 6.54 Å². The van der Waals surface area contributed by atoms with Crippen molar-refractivity contribution >= 4 is 23.0 Å². The summed E-state index contributed by atoms with van der Waals surface area (Å²) in [6.07, 6.45) is 1.62. The van der Waals surface area contributed by atoms with Gasteiger partial charge in [-0.1, -0.05) is 30.3 Å². The van der Waals surface area contributed by atoms with E-state index in [2.05, 4.69) is 87.5 Å². The lowest BCUT2D eigenvalue weighted by molar-refractivity contribution is 0.671. The largest absolute Gasteiger partial charge is 0.378 e. The Bertz CT molecular complexity index is 844. The van der Waals surface area contributed by atoms with Crippen LogP contribution in [0.2, 0.25) is 0 Å². The van der Waals surface area contributed by atoms with E-state index in [1.165, 1.54) is 5.56 Å². The summed E-state index contributed by atoms with van der Waals surface area (Å²) in [5, 5.41) is 3.37. The van der Waals surface area contributed by atoms with Crippen LogP contribution in [0.1, 0.15) is 19.4 Å². The van der Waals surface area contributed by atoms with Crippen molar-refractivity contribution in [3.8, 4) is 0 Å². The fraction of sp³-hybridized carbons (Fsp3) is 0.273. The van der Waals surface area contributed by atoms with Crippen LogP contribution in [0.25, 0.3) is 0 Å². The molecule has 0 atom stereocenters. The lowest BCUT2D eigenvalue weighted by Gasteiger charge is -2.28. The monoisotopic (exact) mass is 361 g/mol. The molecule has 27 heavy (non-hydrogen) atoms. The standard InChI is InChI=1S/C22H27N5/c1-17(2)27(15-18-8-6-5-7-9-18)22-14-21(23-16-24-22)25-19-10-12-20(13-11-19)26(3)4/h5-14,16-17H,15H2,1-4H3,(H,23,24,25). The molecule has 0 spiro atoms. The van der Waals surface area contributed by atoms with Crippen LogP contribution in [0.15, 0.2) is 67.0 Å². The molecule has 5 heteroatoms. The zero-order valence-corrected chi connectivity index (χ0v) is 16.4. The highest BCUT2D eigenvalue weighted by Gasteiger charge is 2.13. The zero-order chi connectivity index (χ0) is 19.2. The highest BCUT2D eigenvalue weighted by atomic mass is 15.2. The average molecular weight is 361 g/mol. The second-order valence-corrected chi connectivity index (χ2v) is 7.03. The first-order valence-corrected chi connectivity index (χ1v) is 9.20. The third-order valence-electron chi connectivity index (χ3n) is 4.42. The molecule has 1 N–H and O–H groups in total. The van der Waals surface area contributed by atoms with Gasteiger partial charge >= 0.3 is 0 Å². The van der Waals surface area contributed by atoms with E-state index >= 15 is 0 Å². The van der Waals surface area contributed by atoms with E-state index in [1.54, 1.807) is 6.33 Å². The highest BCUT2D eigenvalue weighted by Crippen LogP contribution is 2.23. The molecule has 0 radical (unpaired) electrons. The summed E-state index contributed by atoms with van der Waals surface area (Å²) in [6, 6.07) is 21.1. The van der Waals surface area contributed by atoms with E-state index in [4.69, 9.17) is 0 Å². The van der Waals surface area contributed by atoms with Gasteiger partial charge in [0.25, 0.3) is 0 Å². The molecule has 0 saturated carbocycles. The Hall–Kier alpha value is -3.08. The lowest BCUT2D eigenvalue weighted by Crippen LogP contribution is -2.31. The van der Waals surface area contributed by atoms with Crippen LogP contribution in [0.4, 0.5) is 23.0 Å². The first-order chi connectivity index (χ1) is 13.0. The molecule has 140 valence electrons. The van der Waals surface area contributed by atoms with E-state index in [9.17, 15) is 0 Å². The Morgan fingerprint density at radius 3 is 2.26 bits per heavy atom. The number of hydrogen-bond acceptors (Lipinski definition) is 5. The van der Waals surface area contributed by atoms with Crippen molar-refractivity contribution < 1.29 is 0 Å². The van der Waals surface area contributed by atoms with Gasteiger partial charge in [0.2, 0.25) is 0 Å². The van der Waals surface area contributed by atoms with E-state index in [0.717, 1.165) is 29.6 Å². The Morgan fingerprint density at radius 1 is 0.926 bits per heavy atom. The molecular formula is C22H27N5. The second-order valence-electron chi connectivity index (χ2n) is 7.03. The number of rotatable bonds is 7. The third kappa shape index (κ3) is 4.97. The van der Waals surface area contributed by atoms with Gasteiger partial charge in [0.15, 0.2) is 0 Å². The molecule has 0 fully saturated rings. The highest BCUT2D eigenvalue weighted by molar-refractivity contribution is 5.62. The minimum Gasteiger partial charge on any atom is -0.378 e. The second kappa shape index (κ2) is 8.54. The molecule has 1 aromatic heterocycles. The molecule has 3 rings (SSSR count). The molecule has 3 aromatic rings. The van der Waals surface area contributed by atoms with Gasteiger partial charge in [-0.15, -0.1) is 0 Å². The normalized spacial score (nSPS) is 10.7. The Kier molecular flexibility index (Phi) is 5.91. The van der Waals surface area contributed by atoms with Crippen LogP contribution in [-0.4, -0.2) is 30.1 Å². The number of aromatic nitrogens is 2. The molecule has 0 aliphatic rings. The van der Waals surface area contributed by atoms with Crippen molar-refractivity contribution in [3.05, 3.63) is 72.6 Å². The van der Waals surface area contributed by atoms with E-state index in [0.29, 0.717) is 6.04 Å². The molecule has 0 aliphatic carbocycles.